The zero-order valence-corrected chi connectivity index (χ0v) is 18.7. The van der Waals surface area contributed by atoms with Crippen LogP contribution in [0.5, 0.6) is 5.75 Å². The Bertz CT molecular complexity index is 764. The molecule has 3 aliphatic rings. The summed E-state index contributed by atoms with van der Waals surface area (Å²) in [6.07, 6.45) is 4.79. The molecule has 1 atom stereocenters. The zero-order valence-electron chi connectivity index (χ0n) is 17.1. The van der Waals surface area contributed by atoms with Gasteiger partial charge in [0, 0.05) is 24.1 Å². The molecule has 2 saturated heterocycles. The smallest absolute Gasteiger partial charge is 0.265 e. The lowest BCUT2D eigenvalue weighted by Crippen LogP contribution is -2.50. The molecule has 0 aromatic heterocycles. The van der Waals surface area contributed by atoms with Gasteiger partial charge in [-0.3, -0.25) is 14.5 Å². The predicted molar refractivity (Wildman–Crippen MR) is 116 cm³/mol. The predicted octanol–water partition coefficient (Wildman–Crippen LogP) is 3.15. The molecule has 1 aromatic rings. The van der Waals surface area contributed by atoms with Gasteiger partial charge >= 0.3 is 0 Å². The van der Waals surface area contributed by atoms with E-state index in [2.05, 4.69) is 27.8 Å². The number of rotatable bonds is 4. The maximum Gasteiger partial charge on any atom is 0.265 e. The number of fused-ring (bicyclic) bond motifs is 1. The molecule has 2 fully saturated rings. The second-order valence-corrected chi connectivity index (χ2v) is 9.63. The maximum absolute atomic E-state index is 13.0. The molecule has 0 saturated carbocycles. The number of carbonyl (C=O) groups is 2. The summed E-state index contributed by atoms with van der Waals surface area (Å²) < 4.78 is 6.42. The highest BCUT2D eigenvalue weighted by atomic mass is 79.9. The van der Waals surface area contributed by atoms with Crippen molar-refractivity contribution in [3.63, 3.8) is 0 Å². The summed E-state index contributed by atoms with van der Waals surface area (Å²) in [6.45, 7) is 7.44. The lowest BCUT2D eigenvalue weighted by atomic mass is 9.94. The lowest BCUT2D eigenvalue weighted by molar-refractivity contribution is -0.133. The van der Waals surface area contributed by atoms with Crippen molar-refractivity contribution in [2.45, 2.75) is 32.6 Å². The number of nitrogens with zero attached hydrogens (tertiary/aromatic N) is 3. The third kappa shape index (κ3) is 4.94. The van der Waals surface area contributed by atoms with E-state index in [0.717, 1.165) is 36.4 Å². The lowest BCUT2D eigenvalue weighted by Gasteiger charge is -2.38. The number of hydrogen-bond donors (Lipinski definition) is 0. The Kier molecular flexibility index (Phi) is 6.44. The van der Waals surface area contributed by atoms with E-state index < -0.39 is 0 Å². The van der Waals surface area contributed by atoms with Crippen LogP contribution in [0.4, 0.5) is 5.69 Å². The standard InChI is InChI=1S/C22H30BrN3O3/c1-16-6-9-24(10-7-16)12-17-3-2-8-25(13-17)21(27)14-26-19-5-4-18(23)11-20(19)29-15-22(26)28/h4-5,11,16-17H,2-3,6-10,12-15H2,1H3. The number of piperidine rings is 2. The fourth-order valence-corrected chi connectivity index (χ4v) is 4.98. The van der Waals surface area contributed by atoms with Gasteiger partial charge in [-0.15, -0.1) is 0 Å². The largest absolute Gasteiger partial charge is 0.482 e. The molecule has 158 valence electrons. The van der Waals surface area contributed by atoms with Crippen LogP contribution in [-0.2, 0) is 9.59 Å². The minimum atomic E-state index is -0.163. The van der Waals surface area contributed by atoms with Crippen LogP contribution in [0.25, 0.3) is 0 Å². The van der Waals surface area contributed by atoms with Crippen LogP contribution in [-0.4, -0.2) is 67.5 Å². The van der Waals surface area contributed by atoms with Gasteiger partial charge in [0.1, 0.15) is 12.3 Å². The molecular formula is C22H30BrN3O3. The van der Waals surface area contributed by atoms with E-state index in [-0.39, 0.29) is 25.0 Å². The van der Waals surface area contributed by atoms with Crippen LogP contribution in [0.1, 0.15) is 32.6 Å². The Morgan fingerprint density at radius 1 is 1.21 bits per heavy atom. The number of halogens is 1. The third-order valence-electron chi connectivity index (χ3n) is 6.42. The average molecular weight is 464 g/mol. The van der Waals surface area contributed by atoms with Crippen molar-refractivity contribution in [2.24, 2.45) is 11.8 Å². The molecule has 1 aromatic carbocycles. The van der Waals surface area contributed by atoms with E-state index in [1.54, 1.807) is 4.90 Å². The van der Waals surface area contributed by atoms with E-state index in [0.29, 0.717) is 17.4 Å². The van der Waals surface area contributed by atoms with Crippen LogP contribution in [0.2, 0.25) is 0 Å². The SMILES string of the molecule is CC1CCN(CC2CCCN(C(=O)CN3C(=O)COc4cc(Br)ccc43)C2)CC1. The Morgan fingerprint density at radius 2 is 2.00 bits per heavy atom. The number of amides is 2. The number of carbonyl (C=O) groups excluding carboxylic acids is 2. The molecule has 0 radical (unpaired) electrons. The summed E-state index contributed by atoms with van der Waals surface area (Å²) in [6, 6.07) is 5.55. The number of ether oxygens (including phenoxy) is 1. The van der Waals surface area contributed by atoms with E-state index in [1.807, 2.05) is 23.1 Å². The van der Waals surface area contributed by atoms with Crippen molar-refractivity contribution in [1.29, 1.82) is 0 Å². The number of anilines is 1. The van der Waals surface area contributed by atoms with Crippen molar-refractivity contribution >= 4 is 33.4 Å². The van der Waals surface area contributed by atoms with E-state index in [9.17, 15) is 9.59 Å². The summed E-state index contributed by atoms with van der Waals surface area (Å²) in [5, 5.41) is 0. The van der Waals surface area contributed by atoms with Gasteiger partial charge in [-0.25, -0.2) is 0 Å². The van der Waals surface area contributed by atoms with Gasteiger partial charge in [0.25, 0.3) is 5.91 Å². The van der Waals surface area contributed by atoms with Crippen molar-refractivity contribution < 1.29 is 14.3 Å². The first kappa shape index (κ1) is 20.7. The average Bonchev–Trinajstić information content (AvgIpc) is 2.72. The molecule has 1 unspecified atom stereocenters. The van der Waals surface area contributed by atoms with Gasteiger partial charge in [-0.05, 0) is 68.8 Å². The zero-order chi connectivity index (χ0) is 20.4. The fraction of sp³-hybridized carbons (Fsp3) is 0.636. The Morgan fingerprint density at radius 3 is 2.79 bits per heavy atom. The summed E-state index contributed by atoms with van der Waals surface area (Å²) in [5.41, 5.74) is 0.675. The summed E-state index contributed by atoms with van der Waals surface area (Å²) in [5.74, 6) is 1.88. The first-order chi connectivity index (χ1) is 14.0. The summed E-state index contributed by atoms with van der Waals surface area (Å²) >= 11 is 3.43. The van der Waals surface area contributed by atoms with Crippen LogP contribution in [0.3, 0.4) is 0 Å². The molecule has 4 rings (SSSR count). The molecule has 0 aliphatic carbocycles. The molecule has 0 bridgehead atoms. The van der Waals surface area contributed by atoms with Crippen LogP contribution >= 0.6 is 15.9 Å². The second kappa shape index (κ2) is 9.04. The molecule has 7 heteroatoms. The van der Waals surface area contributed by atoms with Gasteiger partial charge < -0.3 is 14.5 Å². The van der Waals surface area contributed by atoms with Crippen molar-refractivity contribution in [1.82, 2.24) is 9.80 Å². The summed E-state index contributed by atoms with van der Waals surface area (Å²) in [4.78, 5) is 31.6. The van der Waals surface area contributed by atoms with E-state index >= 15 is 0 Å². The van der Waals surface area contributed by atoms with Gasteiger partial charge in [-0.2, -0.15) is 0 Å². The molecule has 6 nitrogen and oxygen atoms in total. The van der Waals surface area contributed by atoms with E-state index in [1.165, 1.54) is 32.4 Å². The highest BCUT2D eigenvalue weighted by Crippen LogP contribution is 2.34. The molecular weight excluding hydrogens is 434 g/mol. The van der Waals surface area contributed by atoms with Crippen molar-refractivity contribution in [3.8, 4) is 5.75 Å². The normalized spacial score (nSPS) is 23.7. The first-order valence-electron chi connectivity index (χ1n) is 10.7. The van der Waals surface area contributed by atoms with E-state index in [4.69, 9.17) is 4.74 Å². The van der Waals surface area contributed by atoms with Crippen LogP contribution in [0, 0.1) is 11.8 Å². The number of benzene rings is 1. The number of hydrogen-bond acceptors (Lipinski definition) is 4. The Labute approximate surface area is 181 Å². The molecule has 29 heavy (non-hydrogen) atoms. The Balaban J connectivity index is 1.36. The quantitative estimate of drug-likeness (QED) is 0.687. The topological polar surface area (TPSA) is 53.1 Å². The summed E-state index contributed by atoms with van der Waals surface area (Å²) in [7, 11) is 0. The maximum atomic E-state index is 13.0. The van der Waals surface area contributed by atoms with Gasteiger partial charge in [0.2, 0.25) is 5.91 Å². The first-order valence-corrected chi connectivity index (χ1v) is 11.5. The molecule has 0 spiro atoms. The van der Waals surface area contributed by atoms with Gasteiger partial charge in [-0.1, -0.05) is 22.9 Å². The molecule has 2 amide bonds. The highest BCUT2D eigenvalue weighted by molar-refractivity contribution is 9.10. The highest BCUT2D eigenvalue weighted by Gasteiger charge is 2.31. The third-order valence-corrected chi connectivity index (χ3v) is 6.92. The van der Waals surface area contributed by atoms with Gasteiger partial charge in [0.05, 0.1) is 5.69 Å². The van der Waals surface area contributed by atoms with Crippen LogP contribution in [0.15, 0.2) is 22.7 Å². The Hall–Kier alpha value is -1.60. The van der Waals surface area contributed by atoms with Crippen LogP contribution < -0.4 is 9.64 Å². The van der Waals surface area contributed by atoms with Gasteiger partial charge in [0.15, 0.2) is 6.61 Å². The van der Waals surface area contributed by atoms with Crippen molar-refractivity contribution in [3.05, 3.63) is 22.7 Å². The molecule has 3 heterocycles. The molecule has 0 N–H and O–H groups in total. The molecule has 3 aliphatic heterocycles. The number of likely N-dealkylation sites (tertiary alicyclic amines) is 2. The minimum Gasteiger partial charge on any atom is -0.482 e. The fourth-order valence-electron chi connectivity index (χ4n) is 4.64. The minimum absolute atomic E-state index is 0.0211. The van der Waals surface area contributed by atoms with Crippen molar-refractivity contribution in [2.75, 3.05) is 50.8 Å². The second-order valence-electron chi connectivity index (χ2n) is 8.71. The monoisotopic (exact) mass is 463 g/mol.